The summed E-state index contributed by atoms with van der Waals surface area (Å²) in [5.74, 6) is 1.07. The fourth-order valence-electron chi connectivity index (χ4n) is 4.83. The van der Waals surface area contributed by atoms with Crippen LogP contribution >= 0.6 is 0 Å². The summed E-state index contributed by atoms with van der Waals surface area (Å²) in [4.78, 5) is 10.7. The molecule has 5 rings (SSSR count). The fourth-order valence-corrected chi connectivity index (χ4v) is 4.83. The first-order valence-corrected chi connectivity index (χ1v) is 11.7. The third-order valence-electron chi connectivity index (χ3n) is 6.64. The number of nitrogens with zero attached hydrogens (tertiary/aromatic N) is 3. The number of ether oxygens (including phenoxy) is 3. The molecule has 2 aliphatic heterocycles. The predicted octanol–water partition coefficient (Wildman–Crippen LogP) is 4.11. The van der Waals surface area contributed by atoms with E-state index in [2.05, 4.69) is 29.1 Å². The van der Waals surface area contributed by atoms with Gasteiger partial charge in [0.05, 0.1) is 7.11 Å². The van der Waals surface area contributed by atoms with E-state index in [1.165, 1.54) is 11.8 Å². The van der Waals surface area contributed by atoms with Gasteiger partial charge in [-0.25, -0.2) is 9.98 Å². The molecule has 2 aromatic carbocycles. The molecule has 35 heavy (non-hydrogen) atoms. The van der Waals surface area contributed by atoms with Gasteiger partial charge in [-0.05, 0) is 61.0 Å². The zero-order valence-corrected chi connectivity index (χ0v) is 19.9. The second-order valence-electron chi connectivity index (χ2n) is 9.14. The monoisotopic (exact) mass is 476 g/mol. The Bertz CT molecular complexity index is 1230. The number of halogens is 1. The normalized spacial score (nSPS) is 20.8. The molecule has 1 spiro atoms. The van der Waals surface area contributed by atoms with E-state index in [0.717, 1.165) is 42.1 Å². The molecule has 7 nitrogen and oxygen atoms in total. The molecule has 0 fully saturated rings. The molecule has 182 valence electrons. The first-order valence-electron chi connectivity index (χ1n) is 11.7. The minimum Gasteiger partial charge on any atom is -0.497 e. The number of nitrogens with two attached hydrogens (primary N) is 1. The molecule has 8 heteroatoms. The van der Waals surface area contributed by atoms with Gasteiger partial charge in [-0.15, -0.1) is 0 Å². The second-order valence-corrected chi connectivity index (χ2v) is 9.14. The van der Waals surface area contributed by atoms with Crippen molar-refractivity contribution in [2.75, 3.05) is 27.3 Å². The molecule has 0 bridgehead atoms. The van der Waals surface area contributed by atoms with Crippen LogP contribution in [0.15, 0.2) is 65.8 Å². The maximum Gasteiger partial charge on any atom is 0.283 e. The number of rotatable bonds is 7. The summed E-state index contributed by atoms with van der Waals surface area (Å²) >= 11 is 0. The Labute approximate surface area is 204 Å². The van der Waals surface area contributed by atoms with Gasteiger partial charge in [-0.2, -0.15) is 4.39 Å². The second kappa shape index (κ2) is 9.54. The van der Waals surface area contributed by atoms with Crippen LogP contribution in [0.1, 0.15) is 24.0 Å². The first-order chi connectivity index (χ1) is 17.0. The molecule has 1 unspecified atom stereocenters. The summed E-state index contributed by atoms with van der Waals surface area (Å²) in [6.07, 6.45) is 2.84. The lowest BCUT2D eigenvalue weighted by molar-refractivity contribution is 0.0918. The number of methoxy groups -OCH3 is 1. The molecule has 2 N–H and O–H groups in total. The van der Waals surface area contributed by atoms with Crippen LogP contribution in [0.4, 0.5) is 4.39 Å². The number of hydrogen-bond donors (Lipinski definition) is 1. The van der Waals surface area contributed by atoms with Crippen molar-refractivity contribution in [2.24, 2.45) is 10.7 Å². The smallest absolute Gasteiger partial charge is 0.283 e. The Balaban J connectivity index is 1.33. The van der Waals surface area contributed by atoms with Crippen LogP contribution in [-0.2, 0) is 16.8 Å². The van der Waals surface area contributed by atoms with E-state index >= 15 is 0 Å². The fraction of sp³-hybridized carbons (Fsp3) is 0.333. The molecule has 1 aromatic heterocycles. The predicted molar refractivity (Wildman–Crippen MR) is 132 cm³/mol. The average Bonchev–Trinajstić information content (AvgIpc) is 3.24. The molecule has 0 saturated carbocycles. The standard InChI is InChI=1S/C27H29FN4O3/c1-32(16-18-5-8-20(33-2)9-6-18)13-11-21-15-27(17-34-26(29)31-27)23-14-19(7-10-24(23)35-21)22-4-3-12-30-25(22)28/h3-10,12,14,21H,11,13,15-17H2,1-2H3,(H2,29,31)/t21-,27?/m0/s1. The van der Waals surface area contributed by atoms with Crippen LogP contribution < -0.4 is 15.2 Å². The van der Waals surface area contributed by atoms with Crippen molar-refractivity contribution in [1.29, 1.82) is 0 Å². The number of amidine groups is 1. The van der Waals surface area contributed by atoms with Crippen molar-refractivity contribution in [3.05, 3.63) is 77.9 Å². The molecule has 3 heterocycles. The minimum absolute atomic E-state index is 0.0555. The van der Waals surface area contributed by atoms with Crippen molar-refractivity contribution in [3.8, 4) is 22.6 Å². The van der Waals surface area contributed by atoms with E-state index in [0.29, 0.717) is 18.6 Å². The van der Waals surface area contributed by atoms with Crippen LogP contribution in [0.25, 0.3) is 11.1 Å². The van der Waals surface area contributed by atoms with E-state index in [9.17, 15) is 4.39 Å². The summed E-state index contributed by atoms with van der Waals surface area (Å²) in [7, 11) is 3.77. The van der Waals surface area contributed by atoms with E-state index in [-0.39, 0.29) is 12.1 Å². The lowest BCUT2D eigenvalue weighted by atomic mass is 9.81. The SMILES string of the molecule is COc1ccc(CN(C)CC[C@H]2CC3(COC(N)=N3)c3cc(-c4cccnc4F)ccc3O2)cc1. The Kier molecular flexibility index (Phi) is 6.30. The number of pyridine rings is 1. The highest BCUT2D eigenvalue weighted by Gasteiger charge is 2.46. The van der Waals surface area contributed by atoms with Gasteiger partial charge in [0.1, 0.15) is 29.7 Å². The number of hydrogen-bond acceptors (Lipinski definition) is 7. The van der Waals surface area contributed by atoms with E-state index < -0.39 is 11.5 Å². The highest BCUT2D eigenvalue weighted by molar-refractivity contribution is 5.75. The number of aliphatic imine (C=N–C) groups is 1. The quantitative estimate of drug-likeness (QED) is 0.517. The molecule has 2 atom stereocenters. The third kappa shape index (κ3) is 4.79. The largest absolute Gasteiger partial charge is 0.497 e. The van der Waals surface area contributed by atoms with Gasteiger partial charge in [0, 0.05) is 36.8 Å². The Hall–Kier alpha value is -3.65. The molecular formula is C27H29FN4O3. The van der Waals surface area contributed by atoms with Gasteiger partial charge >= 0.3 is 0 Å². The molecule has 0 saturated heterocycles. The van der Waals surface area contributed by atoms with Crippen LogP contribution in [0.3, 0.4) is 0 Å². The van der Waals surface area contributed by atoms with Gasteiger partial charge < -0.3 is 24.8 Å². The lowest BCUT2D eigenvalue weighted by Gasteiger charge is -2.37. The zero-order valence-electron chi connectivity index (χ0n) is 19.9. The number of benzene rings is 2. The summed E-state index contributed by atoms with van der Waals surface area (Å²) in [5, 5.41) is 0. The Morgan fingerprint density at radius 1 is 1.20 bits per heavy atom. The van der Waals surface area contributed by atoms with E-state index in [1.807, 2.05) is 30.3 Å². The number of fused-ring (bicyclic) bond motifs is 2. The molecule has 0 aliphatic carbocycles. The van der Waals surface area contributed by atoms with Crippen molar-refractivity contribution >= 4 is 6.02 Å². The summed E-state index contributed by atoms with van der Waals surface area (Å²) in [6.45, 7) is 2.01. The Morgan fingerprint density at radius 3 is 2.74 bits per heavy atom. The van der Waals surface area contributed by atoms with E-state index in [1.54, 1.807) is 19.2 Å². The summed E-state index contributed by atoms with van der Waals surface area (Å²) in [5.41, 5.74) is 8.53. The van der Waals surface area contributed by atoms with Crippen LogP contribution in [0, 0.1) is 5.95 Å². The van der Waals surface area contributed by atoms with Gasteiger partial charge in [0.15, 0.2) is 0 Å². The minimum atomic E-state index is -0.647. The van der Waals surface area contributed by atoms with Crippen molar-refractivity contribution in [1.82, 2.24) is 9.88 Å². The van der Waals surface area contributed by atoms with Gasteiger partial charge in [-0.1, -0.05) is 18.2 Å². The van der Waals surface area contributed by atoms with E-state index in [4.69, 9.17) is 24.9 Å². The molecule has 0 amide bonds. The highest BCUT2D eigenvalue weighted by Crippen LogP contribution is 2.46. The van der Waals surface area contributed by atoms with Crippen molar-refractivity contribution < 1.29 is 18.6 Å². The van der Waals surface area contributed by atoms with Crippen LogP contribution in [0.5, 0.6) is 11.5 Å². The topological polar surface area (TPSA) is 82.2 Å². The van der Waals surface area contributed by atoms with Crippen molar-refractivity contribution in [2.45, 2.75) is 31.0 Å². The van der Waals surface area contributed by atoms with Gasteiger partial charge in [-0.3, -0.25) is 0 Å². The van der Waals surface area contributed by atoms with Gasteiger partial charge in [0.25, 0.3) is 6.02 Å². The highest BCUT2D eigenvalue weighted by atomic mass is 19.1. The summed E-state index contributed by atoms with van der Waals surface area (Å²) in [6, 6.07) is 17.4. The zero-order chi connectivity index (χ0) is 24.4. The molecule has 3 aromatic rings. The summed E-state index contributed by atoms with van der Waals surface area (Å²) < 4.78 is 31.6. The lowest BCUT2D eigenvalue weighted by Crippen LogP contribution is -2.40. The van der Waals surface area contributed by atoms with Crippen LogP contribution in [-0.4, -0.2) is 49.3 Å². The maximum absolute atomic E-state index is 14.3. The third-order valence-corrected chi connectivity index (χ3v) is 6.64. The molecule has 0 radical (unpaired) electrons. The molecular weight excluding hydrogens is 447 g/mol. The average molecular weight is 477 g/mol. The van der Waals surface area contributed by atoms with Crippen LogP contribution in [0.2, 0.25) is 0 Å². The maximum atomic E-state index is 14.3. The van der Waals surface area contributed by atoms with Gasteiger partial charge in [0.2, 0.25) is 5.95 Å². The Morgan fingerprint density at radius 2 is 2.03 bits per heavy atom. The molecule has 2 aliphatic rings. The first kappa shape index (κ1) is 23.1. The van der Waals surface area contributed by atoms with Crippen molar-refractivity contribution in [3.63, 3.8) is 0 Å². The number of aromatic nitrogens is 1.